The summed E-state index contributed by atoms with van der Waals surface area (Å²) in [4.78, 5) is 15.7. The molecule has 29 heavy (non-hydrogen) atoms. The van der Waals surface area contributed by atoms with Gasteiger partial charge in [-0.25, -0.2) is 12.8 Å². The highest BCUT2D eigenvalue weighted by molar-refractivity contribution is 7.91. The summed E-state index contributed by atoms with van der Waals surface area (Å²) in [5, 5.41) is 5.77. The van der Waals surface area contributed by atoms with E-state index in [1.807, 2.05) is 17.5 Å². The third kappa shape index (κ3) is 4.25. The first kappa shape index (κ1) is 19.8. The highest BCUT2D eigenvalue weighted by atomic mass is 32.2. The Bertz CT molecular complexity index is 1140. The number of carbonyl (C=O) groups is 1. The van der Waals surface area contributed by atoms with E-state index >= 15 is 0 Å². The highest BCUT2D eigenvalue weighted by Gasteiger charge is 2.36. The zero-order valence-electron chi connectivity index (χ0n) is 15.7. The molecule has 4 rings (SSSR count). The van der Waals surface area contributed by atoms with Gasteiger partial charge in [0.05, 0.1) is 18.1 Å². The molecule has 0 radical (unpaired) electrons. The molecule has 3 heterocycles. The lowest BCUT2D eigenvalue weighted by atomic mass is 10.1. The number of halogens is 1. The van der Waals surface area contributed by atoms with Crippen molar-refractivity contribution in [1.82, 2.24) is 10.1 Å². The van der Waals surface area contributed by atoms with E-state index in [1.54, 1.807) is 24.0 Å². The Morgan fingerprint density at radius 2 is 2.17 bits per heavy atom. The molecule has 0 aliphatic carbocycles. The van der Waals surface area contributed by atoms with E-state index in [-0.39, 0.29) is 28.8 Å². The van der Waals surface area contributed by atoms with Crippen LogP contribution in [0.3, 0.4) is 0 Å². The van der Waals surface area contributed by atoms with E-state index in [0.717, 1.165) is 4.88 Å². The van der Waals surface area contributed by atoms with Crippen molar-refractivity contribution in [2.24, 2.45) is 0 Å². The number of benzene rings is 1. The Kier molecular flexibility index (Phi) is 5.26. The largest absolute Gasteiger partial charge is 0.355 e. The van der Waals surface area contributed by atoms with Crippen LogP contribution in [-0.2, 0) is 16.4 Å². The van der Waals surface area contributed by atoms with Crippen LogP contribution in [0, 0.1) is 12.7 Å². The standard InChI is InChI=1S/C20H19FN2O4S2/c1-13-4-5-14(9-17(13)21)19-10-18(22-27-19)20(24)23(11-16-3-2-7-28-16)15-6-8-29(25,26)12-15/h2-5,7,9-10,15H,6,8,11-12H2,1H3/t15-/m0/s1. The molecule has 6 nitrogen and oxygen atoms in total. The minimum absolute atomic E-state index is 0.0575. The van der Waals surface area contributed by atoms with E-state index in [1.165, 1.54) is 23.5 Å². The van der Waals surface area contributed by atoms with Gasteiger partial charge < -0.3 is 9.42 Å². The number of rotatable bonds is 5. The van der Waals surface area contributed by atoms with Crippen molar-refractivity contribution in [1.29, 1.82) is 0 Å². The molecular formula is C20H19FN2O4S2. The fourth-order valence-electron chi connectivity index (χ4n) is 3.36. The van der Waals surface area contributed by atoms with Gasteiger partial charge in [0, 0.05) is 22.5 Å². The molecule has 0 spiro atoms. The van der Waals surface area contributed by atoms with Crippen molar-refractivity contribution >= 4 is 27.1 Å². The lowest BCUT2D eigenvalue weighted by Gasteiger charge is -2.26. The Balaban J connectivity index is 1.62. The molecule has 1 fully saturated rings. The van der Waals surface area contributed by atoms with Crippen molar-refractivity contribution in [3.63, 3.8) is 0 Å². The van der Waals surface area contributed by atoms with Gasteiger partial charge in [0.15, 0.2) is 21.3 Å². The SMILES string of the molecule is Cc1ccc(-c2cc(C(=O)N(Cc3cccs3)[C@H]3CCS(=O)(=O)C3)no2)cc1F. The van der Waals surface area contributed by atoms with Gasteiger partial charge in [-0.3, -0.25) is 4.79 Å². The molecule has 1 aliphatic heterocycles. The second-order valence-corrected chi connectivity index (χ2v) is 10.4. The second-order valence-electron chi connectivity index (χ2n) is 7.11. The summed E-state index contributed by atoms with van der Waals surface area (Å²) in [6.45, 7) is 1.96. The van der Waals surface area contributed by atoms with E-state index < -0.39 is 21.8 Å². The maximum absolute atomic E-state index is 13.9. The molecule has 1 aliphatic rings. The van der Waals surface area contributed by atoms with Crippen molar-refractivity contribution in [3.8, 4) is 11.3 Å². The molecule has 9 heteroatoms. The van der Waals surface area contributed by atoms with Crippen molar-refractivity contribution in [2.45, 2.75) is 25.9 Å². The second kappa shape index (κ2) is 7.72. The first-order chi connectivity index (χ1) is 13.8. The number of sulfone groups is 1. The van der Waals surface area contributed by atoms with E-state index in [2.05, 4.69) is 5.16 Å². The van der Waals surface area contributed by atoms with E-state index in [9.17, 15) is 17.6 Å². The minimum Gasteiger partial charge on any atom is -0.355 e. The molecule has 0 saturated carbocycles. The monoisotopic (exact) mass is 434 g/mol. The molecule has 1 aromatic carbocycles. The predicted molar refractivity (Wildman–Crippen MR) is 108 cm³/mol. The van der Waals surface area contributed by atoms with Crippen LogP contribution < -0.4 is 0 Å². The van der Waals surface area contributed by atoms with Crippen molar-refractivity contribution in [2.75, 3.05) is 11.5 Å². The number of nitrogens with zero attached hydrogens (tertiary/aromatic N) is 2. The van der Waals surface area contributed by atoms with Gasteiger partial charge in [-0.1, -0.05) is 23.4 Å². The van der Waals surface area contributed by atoms with Gasteiger partial charge in [0.2, 0.25) is 0 Å². The van der Waals surface area contributed by atoms with Crippen molar-refractivity contribution < 1.29 is 22.1 Å². The Labute approximate surface area is 171 Å². The van der Waals surface area contributed by atoms with E-state index in [0.29, 0.717) is 24.1 Å². The number of amides is 1. The van der Waals surface area contributed by atoms with Crippen LogP contribution in [0.1, 0.15) is 27.3 Å². The number of carbonyl (C=O) groups excluding carboxylic acids is 1. The van der Waals surface area contributed by atoms with Gasteiger partial charge in [0.25, 0.3) is 5.91 Å². The molecule has 3 aromatic rings. The highest BCUT2D eigenvalue weighted by Crippen LogP contribution is 2.26. The number of hydrogen-bond acceptors (Lipinski definition) is 6. The lowest BCUT2D eigenvalue weighted by molar-refractivity contribution is 0.0672. The maximum atomic E-state index is 13.9. The third-order valence-electron chi connectivity index (χ3n) is 5.00. The number of thiophene rings is 1. The predicted octanol–water partition coefficient (Wildman–Crippen LogP) is 3.68. The average Bonchev–Trinajstić information content (AvgIpc) is 3.42. The summed E-state index contributed by atoms with van der Waals surface area (Å²) < 4.78 is 43.0. The maximum Gasteiger partial charge on any atom is 0.276 e. The fraction of sp³-hybridized carbons (Fsp3) is 0.300. The summed E-state index contributed by atoms with van der Waals surface area (Å²) in [5.41, 5.74) is 1.06. The van der Waals surface area contributed by atoms with Gasteiger partial charge in [0.1, 0.15) is 5.82 Å². The Hall–Kier alpha value is -2.52. The van der Waals surface area contributed by atoms with Crippen LogP contribution >= 0.6 is 11.3 Å². The Morgan fingerprint density at radius 1 is 1.34 bits per heavy atom. The number of aryl methyl sites for hydroxylation is 1. The van der Waals surface area contributed by atoms with E-state index in [4.69, 9.17) is 4.52 Å². The third-order valence-corrected chi connectivity index (χ3v) is 7.61. The first-order valence-corrected chi connectivity index (χ1v) is 11.8. The van der Waals surface area contributed by atoms with Crippen LogP contribution in [-0.4, -0.2) is 41.9 Å². The molecule has 0 N–H and O–H groups in total. The van der Waals surface area contributed by atoms with Gasteiger partial charge >= 0.3 is 0 Å². The molecule has 0 unspecified atom stereocenters. The summed E-state index contributed by atoms with van der Waals surface area (Å²) in [6.07, 6.45) is 0.396. The van der Waals surface area contributed by atoms with Crippen LogP contribution in [0.15, 0.2) is 46.3 Å². The van der Waals surface area contributed by atoms with Crippen LogP contribution in [0.5, 0.6) is 0 Å². The summed E-state index contributed by atoms with van der Waals surface area (Å²) in [7, 11) is -3.16. The molecule has 1 atom stereocenters. The smallest absolute Gasteiger partial charge is 0.276 e. The van der Waals surface area contributed by atoms with Crippen LogP contribution in [0.4, 0.5) is 4.39 Å². The molecule has 1 amide bonds. The zero-order chi connectivity index (χ0) is 20.6. The minimum atomic E-state index is -3.16. The topological polar surface area (TPSA) is 80.5 Å². The molecule has 2 aromatic heterocycles. The van der Waals surface area contributed by atoms with Gasteiger partial charge in [-0.05, 0) is 36.4 Å². The normalized spacial score (nSPS) is 18.1. The summed E-state index contributed by atoms with van der Waals surface area (Å²) >= 11 is 1.50. The number of aromatic nitrogens is 1. The average molecular weight is 435 g/mol. The first-order valence-electron chi connectivity index (χ1n) is 9.09. The Morgan fingerprint density at radius 3 is 2.83 bits per heavy atom. The van der Waals surface area contributed by atoms with Gasteiger partial charge in [-0.2, -0.15) is 0 Å². The van der Waals surface area contributed by atoms with Gasteiger partial charge in [-0.15, -0.1) is 11.3 Å². The molecule has 1 saturated heterocycles. The molecule has 0 bridgehead atoms. The van der Waals surface area contributed by atoms with Crippen LogP contribution in [0.2, 0.25) is 0 Å². The lowest BCUT2D eigenvalue weighted by Crippen LogP contribution is -2.40. The summed E-state index contributed by atoms with van der Waals surface area (Å²) in [6, 6.07) is 9.49. The van der Waals surface area contributed by atoms with Crippen LogP contribution in [0.25, 0.3) is 11.3 Å². The fourth-order valence-corrected chi connectivity index (χ4v) is 5.80. The molecular weight excluding hydrogens is 415 g/mol. The molecule has 152 valence electrons. The summed E-state index contributed by atoms with van der Waals surface area (Å²) in [5.74, 6) is -0.482. The van der Waals surface area contributed by atoms with Crippen molar-refractivity contribution in [3.05, 3.63) is 63.7 Å². The quantitative estimate of drug-likeness (QED) is 0.612. The zero-order valence-corrected chi connectivity index (χ0v) is 17.3. The number of hydrogen-bond donors (Lipinski definition) is 0.